The van der Waals surface area contributed by atoms with Gasteiger partial charge >= 0.3 is 6.03 Å². The monoisotopic (exact) mass is 221 g/mol. The van der Waals surface area contributed by atoms with Crippen molar-refractivity contribution in [1.29, 1.82) is 0 Å². The normalized spacial score (nSPS) is 12.1. The molecule has 4 nitrogen and oxygen atoms in total. The first kappa shape index (κ1) is 12.5. The van der Waals surface area contributed by atoms with Gasteiger partial charge in [-0.05, 0) is 12.0 Å². The van der Waals surface area contributed by atoms with Crippen LogP contribution in [-0.2, 0) is 0 Å². The Hall–Kier alpha value is -1.55. The molecule has 0 bridgehead atoms. The van der Waals surface area contributed by atoms with Crippen molar-refractivity contribution in [2.45, 2.75) is 19.4 Å². The number of hydrogen-bond acceptors (Lipinski definition) is 2. The quantitative estimate of drug-likeness (QED) is 0.635. The zero-order valence-electron chi connectivity index (χ0n) is 9.57. The summed E-state index contributed by atoms with van der Waals surface area (Å²) in [7, 11) is 0. The number of amides is 2. The predicted molar refractivity (Wildman–Crippen MR) is 65.1 cm³/mol. The van der Waals surface area contributed by atoms with Crippen LogP contribution in [-0.4, -0.2) is 19.1 Å². The minimum Gasteiger partial charge on any atom is -0.352 e. The third-order valence-corrected chi connectivity index (χ3v) is 2.43. The van der Waals surface area contributed by atoms with Gasteiger partial charge in [-0.1, -0.05) is 37.3 Å². The van der Waals surface area contributed by atoms with Gasteiger partial charge in [-0.25, -0.2) is 4.79 Å². The number of urea groups is 1. The molecule has 0 radical (unpaired) electrons. The third kappa shape index (κ3) is 4.31. The summed E-state index contributed by atoms with van der Waals surface area (Å²) in [4.78, 5) is 10.5. The molecule has 1 atom stereocenters. The first-order valence-corrected chi connectivity index (χ1v) is 5.55. The number of nitrogens with one attached hydrogen (secondary N) is 2. The summed E-state index contributed by atoms with van der Waals surface area (Å²) >= 11 is 0. The Labute approximate surface area is 96.2 Å². The SMILES string of the molecule is CCC(NCCNC(N)=O)c1ccccc1. The fourth-order valence-corrected chi connectivity index (χ4v) is 1.62. The molecule has 0 saturated carbocycles. The fourth-order valence-electron chi connectivity index (χ4n) is 1.62. The minimum atomic E-state index is -0.477. The summed E-state index contributed by atoms with van der Waals surface area (Å²) in [5.41, 5.74) is 6.24. The summed E-state index contributed by atoms with van der Waals surface area (Å²) in [5, 5.41) is 5.92. The molecule has 88 valence electrons. The first-order valence-electron chi connectivity index (χ1n) is 5.55. The molecule has 2 amide bonds. The average molecular weight is 221 g/mol. The average Bonchev–Trinajstić information content (AvgIpc) is 2.30. The van der Waals surface area contributed by atoms with Crippen LogP contribution in [0.1, 0.15) is 24.9 Å². The molecule has 1 unspecified atom stereocenters. The maximum absolute atomic E-state index is 10.5. The molecule has 1 aromatic rings. The van der Waals surface area contributed by atoms with Crippen molar-refractivity contribution in [3.05, 3.63) is 35.9 Å². The van der Waals surface area contributed by atoms with E-state index < -0.39 is 6.03 Å². The van der Waals surface area contributed by atoms with Crippen LogP contribution in [0, 0.1) is 0 Å². The largest absolute Gasteiger partial charge is 0.352 e. The van der Waals surface area contributed by atoms with E-state index in [-0.39, 0.29) is 0 Å². The lowest BCUT2D eigenvalue weighted by molar-refractivity contribution is 0.249. The molecule has 0 spiro atoms. The fraction of sp³-hybridized carbons (Fsp3) is 0.417. The maximum atomic E-state index is 10.5. The predicted octanol–water partition coefficient (Wildman–Crippen LogP) is 1.40. The van der Waals surface area contributed by atoms with Gasteiger partial charge in [0.05, 0.1) is 0 Å². The third-order valence-electron chi connectivity index (χ3n) is 2.43. The van der Waals surface area contributed by atoms with Crippen LogP contribution >= 0.6 is 0 Å². The Bertz CT molecular complexity index is 313. The second-order valence-corrected chi connectivity index (χ2v) is 3.62. The van der Waals surface area contributed by atoms with Crippen LogP contribution in [0.4, 0.5) is 4.79 Å². The van der Waals surface area contributed by atoms with Gasteiger partial charge < -0.3 is 16.4 Å². The lowest BCUT2D eigenvalue weighted by Crippen LogP contribution is -2.36. The van der Waals surface area contributed by atoms with Crippen LogP contribution in [0.3, 0.4) is 0 Å². The van der Waals surface area contributed by atoms with Crippen LogP contribution in [0.2, 0.25) is 0 Å². The molecule has 0 saturated heterocycles. The van der Waals surface area contributed by atoms with Gasteiger partial charge in [-0.15, -0.1) is 0 Å². The topological polar surface area (TPSA) is 67.2 Å². The van der Waals surface area contributed by atoms with E-state index in [4.69, 9.17) is 5.73 Å². The first-order chi connectivity index (χ1) is 7.74. The van der Waals surface area contributed by atoms with Crippen LogP contribution in [0.15, 0.2) is 30.3 Å². The smallest absolute Gasteiger partial charge is 0.312 e. The number of benzene rings is 1. The van der Waals surface area contributed by atoms with E-state index in [9.17, 15) is 4.79 Å². The van der Waals surface area contributed by atoms with Crippen molar-refractivity contribution in [2.75, 3.05) is 13.1 Å². The number of nitrogens with two attached hydrogens (primary N) is 1. The number of rotatable bonds is 6. The summed E-state index contributed by atoms with van der Waals surface area (Å²) in [6, 6.07) is 10.1. The molecule has 16 heavy (non-hydrogen) atoms. The zero-order valence-corrected chi connectivity index (χ0v) is 9.57. The zero-order chi connectivity index (χ0) is 11.8. The molecule has 0 aliphatic rings. The Morgan fingerprint density at radius 2 is 2.00 bits per heavy atom. The van der Waals surface area contributed by atoms with Crippen molar-refractivity contribution >= 4 is 6.03 Å². The Balaban J connectivity index is 2.35. The number of primary amides is 1. The number of carbonyl (C=O) groups is 1. The molecule has 0 aromatic heterocycles. The van der Waals surface area contributed by atoms with Crippen LogP contribution in [0.5, 0.6) is 0 Å². The van der Waals surface area contributed by atoms with E-state index in [1.54, 1.807) is 0 Å². The van der Waals surface area contributed by atoms with Gasteiger partial charge in [-0.2, -0.15) is 0 Å². The lowest BCUT2D eigenvalue weighted by Gasteiger charge is -2.17. The molecule has 1 rings (SSSR count). The molecule has 0 aliphatic carbocycles. The van der Waals surface area contributed by atoms with Crippen molar-refractivity contribution in [1.82, 2.24) is 10.6 Å². The highest BCUT2D eigenvalue weighted by molar-refractivity contribution is 5.71. The molecule has 4 heteroatoms. The van der Waals surface area contributed by atoms with Gasteiger partial charge in [-0.3, -0.25) is 0 Å². The highest BCUT2D eigenvalue weighted by Crippen LogP contribution is 2.14. The standard InChI is InChI=1S/C12H19N3O/c1-2-11(10-6-4-3-5-7-10)14-8-9-15-12(13)16/h3-7,11,14H,2,8-9H2,1H3,(H3,13,15,16). The second kappa shape index (κ2) is 6.85. The minimum absolute atomic E-state index is 0.330. The van der Waals surface area contributed by atoms with Gasteiger partial charge in [0.1, 0.15) is 0 Å². The summed E-state index contributed by atoms with van der Waals surface area (Å²) in [5.74, 6) is 0. The van der Waals surface area contributed by atoms with E-state index in [0.717, 1.165) is 13.0 Å². The van der Waals surface area contributed by atoms with Gasteiger partial charge in [0.15, 0.2) is 0 Å². The van der Waals surface area contributed by atoms with Crippen molar-refractivity contribution in [3.8, 4) is 0 Å². The summed E-state index contributed by atoms with van der Waals surface area (Å²) < 4.78 is 0. The summed E-state index contributed by atoms with van der Waals surface area (Å²) in [6.45, 7) is 3.40. The van der Waals surface area contributed by atoms with E-state index >= 15 is 0 Å². The van der Waals surface area contributed by atoms with Crippen LogP contribution in [0.25, 0.3) is 0 Å². The maximum Gasteiger partial charge on any atom is 0.312 e. The van der Waals surface area contributed by atoms with E-state index in [2.05, 4.69) is 29.7 Å². The van der Waals surface area contributed by atoms with Crippen molar-refractivity contribution in [3.63, 3.8) is 0 Å². The second-order valence-electron chi connectivity index (χ2n) is 3.62. The molecule has 4 N–H and O–H groups in total. The highest BCUT2D eigenvalue weighted by atomic mass is 16.2. The van der Waals surface area contributed by atoms with Gasteiger partial charge in [0.2, 0.25) is 0 Å². The molecule has 0 aliphatic heterocycles. The van der Waals surface area contributed by atoms with Crippen molar-refractivity contribution in [2.24, 2.45) is 5.73 Å². The van der Waals surface area contributed by atoms with E-state index in [1.165, 1.54) is 5.56 Å². The lowest BCUT2D eigenvalue weighted by atomic mass is 10.0. The Kier molecular flexibility index (Phi) is 5.36. The van der Waals surface area contributed by atoms with Crippen LogP contribution < -0.4 is 16.4 Å². The number of hydrogen-bond donors (Lipinski definition) is 3. The van der Waals surface area contributed by atoms with E-state index in [0.29, 0.717) is 12.6 Å². The van der Waals surface area contributed by atoms with Gasteiger partial charge in [0, 0.05) is 19.1 Å². The summed E-state index contributed by atoms with van der Waals surface area (Å²) in [6.07, 6.45) is 1.01. The highest BCUT2D eigenvalue weighted by Gasteiger charge is 2.06. The number of carbonyl (C=O) groups excluding carboxylic acids is 1. The van der Waals surface area contributed by atoms with Crippen molar-refractivity contribution < 1.29 is 4.79 Å². The Morgan fingerprint density at radius 1 is 1.31 bits per heavy atom. The molecule has 1 aromatic carbocycles. The Morgan fingerprint density at radius 3 is 2.56 bits per heavy atom. The van der Waals surface area contributed by atoms with E-state index in [1.807, 2.05) is 18.2 Å². The molecule has 0 heterocycles. The van der Waals surface area contributed by atoms with Gasteiger partial charge in [0.25, 0.3) is 0 Å². The molecular weight excluding hydrogens is 202 g/mol. The molecular formula is C12H19N3O. The molecule has 0 fully saturated rings.